The summed E-state index contributed by atoms with van der Waals surface area (Å²) in [5.41, 5.74) is 1.38. The summed E-state index contributed by atoms with van der Waals surface area (Å²) in [6.07, 6.45) is 3.28. The summed E-state index contributed by atoms with van der Waals surface area (Å²) in [5.74, 6) is 0.0970. The minimum atomic E-state index is -1.35. The molecule has 0 fully saturated rings. The van der Waals surface area contributed by atoms with Crippen LogP contribution in [-0.2, 0) is 10.8 Å². The van der Waals surface area contributed by atoms with E-state index in [4.69, 9.17) is 0 Å². The fourth-order valence-electron chi connectivity index (χ4n) is 1.66. The van der Waals surface area contributed by atoms with Crippen molar-refractivity contribution in [2.75, 3.05) is 0 Å². The lowest BCUT2D eigenvalue weighted by Crippen LogP contribution is -2.04. The number of benzene rings is 1. The number of aromatic nitrogens is 1. The number of hydrogen-bond acceptors (Lipinski definition) is 4. The van der Waals surface area contributed by atoms with Crippen LogP contribution in [0.2, 0.25) is 0 Å². The predicted octanol–water partition coefficient (Wildman–Crippen LogP) is 1.99. The van der Waals surface area contributed by atoms with Crippen LogP contribution in [0.4, 0.5) is 5.69 Å². The number of nitrogens with zero attached hydrogens (tertiary/aromatic N) is 2. The summed E-state index contributed by atoms with van der Waals surface area (Å²) in [6.45, 7) is 0. The maximum Gasteiger partial charge on any atom is 0.141 e. The normalized spacial score (nSPS) is 17.6. The topological polar surface area (TPSA) is 62.5 Å². The van der Waals surface area contributed by atoms with Gasteiger partial charge in [0.15, 0.2) is 0 Å². The molecule has 5 heteroatoms. The number of hydrogen-bond donors (Lipinski definition) is 1. The Hall–Kier alpha value is -2.01. The van der Waals surface area contributed by atoms with Gasteiger partial charge in [-0.15, -0.1) is 0 Å². The van der Waals surface area contributed by atoms with Crippen molar-refractivity contribution >= 4 is 21.5 Å². The molecule has 1 aliphatic rings. The molecule has 1 aliphatic heterocycles. The van der Waals surface area contributed by atoms with Crippen LogP contribution in [0.1, 0.15) is 5.56 Å². The lowest BCUT2D eigenvalue weighted by atomic mass is 10.3. The Bertz CT molecular complexity index is 638. The molecule has 1 aromatic heterocycles. The smallest absolute Gasteiger partial charge is 0.141 e. The van der Waals surface area contributed by atoms with Gasteiger partial charge in [-0.1, -0.05) is 0 Å². The van der Waals surface area contributed by atoms with Crippen molar-refractivity contribution in [3.05, 3.63) is 48.3 Å². The van der Waals surface area contributed by atoms with Crippen LogP contribution < -0.4 is 0 Å². The van der Waals surface area contributed by atoms with Crippen molar-refractivity contribution in [3.63, 3.8) is 0 Å². The molecule has 3 rings (SSSR count). The fraction of sp³-hybridized carbons (Fsp3) is 0. The molecule has 1 N–H and O–H groups in total. The number of phenolic OH excluding ortho intramolecular Hbond substituents is 1. The first kappa shape index (κ1) is 10.2. The van der Waals surface area contributed by atoms with E-state index in [0.717, 1.165) is 5.56 Å². The summed E-state index contributed by atoms with van der Waals surface area (Å²) in [5, 5.41) is 9.86. The highest BCUT2D eigenvalue weighted by Gasteiger charge is 2.24. The first-order chi connectivity index (χ1) is 8.25. The highest BCUT2D eigenvalue weighted by Crippen LogP contribution is 2.34. The molecule has 17 heavy (non-hydrogen) atoms. The second-order valence-electron chi connectivity index (χ2n) is 3.58. The molecule has 0 saturated heterocycles. The molecule has 0 aliphatic carbocycles. The average molecular weight is 244 g/mol. The molecule has 0 saturated carbocycles. The molecule has 1 atom stereocenters. The number of aromatic hydroxyl groups is 1. The first-order valence-electron chi connectivity index (χ1n) is 4.99. The van der Waals surface area contributed by atoms with E-state index in [0.29, 0.717) is 15.6 Å². The van der Waals surface area contributed by atoms with E-state index in [2.05, 4.69) is 9.98 Å². The minimum Gasteiger partial charge on any atom is -0.508 e. The molecular weight excluding hydrogens is 236 g/mol. The van der Waals surface area contributed by atoms with E-state index in [1.54, 1.807) is 24.5 Å². The average Bonchev–Trinajstić information content (AvgIpc) is 2.68. The molecule has 2 aromatic rings. The lowest BCUT2D eigenvalue weighted by Gasteiger charge is -1.98. The number of pyridine rings is 1. The Morgan fingerprint density at radius 2 is 2.12 bits per heavy atom. The Kier molecular flexibility index (Phi) is 2.26. The van der Waals surface area contributed by atoms with Crippen molar-refractivity contribution in [3.8, 4) is 5.75 Å². The molecule has 2 heterocycles. The van der Waals surface area contributed by atoms with Gasteiger partial charge in [0.2, 0.25) is 0 Å². The second kappa shape index (κ2) is 3.78. The van der Waals surface area contributed by atoms with Gasteiger partial charge >= 0.3 is 0 Å². The molecule has 0 spiro atoms. The molecule has 1 unspecified atom stereocenters. The molecule has 84 valence electrons. The van der Waals surface area contributed by atoms with Crippen LogP contribution in [0.25, 0.3) is 0 Å². The van der Waals surface area contributed by atoms with Gasteiger partial charge in [-0.05, 0) is 30.3 Å². The molecule has 0 bridgehead atoms. The van der Waals surface area contributed by atoms with Crippen molar-refractivity contribution in [1.29, 1.82) is 0 Å². The Morgan fingerprint density at radius 3 is 2.88 bits per heavy atom. The van der Waals surface area contributed by atoms with Crippen LogP contribution in [0.3, 0.4) is 0 Å². The van der Waals surface area contributed by atoms with Crippen molar-refractivity contribution in [1.82, 2.24) is 4.98 Å². The van der Waals surface area contributed by atoms with Crippen molar-refractivity contribution in [2.24, 2.45) is 4.99 Å². The van der Waals surface area contributed by atoms with Gasteiger partial charge in [0.05, 0.1) is 10.6 Å². The predicted molar refractivity (Wildman–Crippen MR) is 64.9 cm³/mol. The zero-order valence-electron chi connectivity index (χ0n) is 8.70. The van der Waals surface area contributed by atoms with Crippen LogP contribution in [0.15, 0.2) is 52.6 Å². The van der Waals surface area contributed by atoms with Crippen LogP contribution in [0.5, 0.6) is 5.75 Å². The summed E-state index contributed by atoms with van der Waals surface area (Å²) < 4.78 is 12.2. The summed E-state index contributed by atoms with van der Waals surface area (Å²) in [7, 11) is -1.35. The second-order valence-corrected chi connectivity index (χ2v) is 4.94. The van der Waals surface area contributed by atoms with Gasteiger partial charge in [-0.3, -0.25) is 4.98 Å². The van der Waals surface area contributed by atoms with Gasteiger partial charge < -0.3 is 5.11 Å². The van der Waals surface area contributed by atoms with E-state index in [9.17, 15) is 9.32 Å². The molecule has 4 nitrogen and oxygen atoms in total. The van der Waals surface area contributed by atoms with Crippen LogP contribution >= 0.6 is 0 Å². The van der Waals surface area contributed by atoms with E-state index in [1.807, 2.05) is 6.07 Å². The molecule has 0 radical (unpaired) electrons. The van der Waals surface area contributed by atoms with E-state index >= 15 is 0 Å². The maximum atomic E-state index is 12.2. The monoisotopic (exact) mass is 244 g/mol. The largest absolute Gasteiger partial charge is 0.508 e. The molecular formula is C12H8N2O2S. The number of rotatable bonds is 1. The first-order valence-corrected chi connectivity index (χ1v) is 6.14. The Labute approximate surface area is 100 Å². The quantitative estimate of drug-likeness (QED) is 0.834. The maximum absolute atomic E-state index is 12.2. The zero-order valence-corrected chi connectivity index (χ0v) is 9.52. The third-order valence-electron chi connectivity index (χ3n) is 2.45. The Morgan fingerprint density at radius 1 is 1.24 bits per heavy atom. The molecule has 1 aromatic carbocycles. The fourth-order valence-corrected chi connectivity index (χ4v) is 2.92. The van der Waals surface area contributed by atoms with Crippen LogP contribution in [0, 0.1) is 0 Å². The lowest BCUT2D eigenvalue weighted by molar-refractivity contribution is 0.474. The van der Waals surface area contributed by atoms with Gasteiger partial charge in [-0.2, -0.15) is 0 Å². The molecule has 0 amide bonds. The summed E-state index contributed by atoms with van der Waals surface area (Å²) in [6, 6.07) is 8.26. The van der Waals surface area contributed by atoms with Crippen molar-refractivity contribution < 1.29 is 9.32 Å². The Balaban J connectivity index is 2.11. The summed E-state index contributed by atoms with van der Waals surface area (Å²) >= 11 is 0. The van der Waals surface area contributed by atoms with Gasteiger partial charge in [-0.25, -0.2) is 9.20 Å². The van der Waals surface area contributed by atoms with Crippen molar-refractivity contribution in [2.45, 2.75) is 4.90 Å². The number of fused-ring (bicyclic) bond motifs is 1. The standard InChI is InChI=1S/C12H8N2O2S/c15-9-3-4-10-11(6-9)17(16)12(14-10)8-2-1-5-13-7-8/h1-7,15H. The highest BCUT2D eigenvalue weighted by molar-refractivity contribution is 8.01. The van der Waals surface area contributed by atoms with Crippen LogP contribution in [-0.4, -0.2) is 19.3 Å². The van der Waals surface area contributed by atoms with E-state index < -0.39 is 10.8 Å². The van der Waals surface area contributed by atoms with Gasteiger partial charge in [0.25, 0.3) is 0 Å². The van der Waals surface area contributed by atoms with E-state index in [-0.39, 0.29) is 5.75 Å². The minimum absolute atomic E-state index is 0.0970. The summed E-state index contributed by atoms with van der Waals surface area (Å²) in [4.78, 5) is 8.83. The third-order valence-corrected chi connectivity index (χ3v) is 3.85. The zero-order chi connectivity index (χ0) is 11.8. The SMILES string of the molecule is O=S1C(c2cccnc2)=Nc2ccc(O)cc21. The number of phenols is 1. The van der Waals surface area contributed by atoms with Gasteiger partial charge in [0, 0.05) is 18.0 Å². The van der Waals surface area contributed by atoms with Gasteiger partial charge in [0.1, 0.15) is 21.6 Å². The highest BCUT2D eigenvalue weighted by atomic mass is 32.2. The third kappa shape index (κ3) is 1.64. The van der Waals surface area contributed by atoms with E-state index in [1.165, 1.54) is 12.1 Å². The number of aliphatic imine (C=N–C) groups is 1.